The van der Waals surface area contributed by atoms with Crippen LogP contribution in [0, 0.1) is 6.92 Å². The van der Waals surface area contributed by atoms with E-state index in [9.17, 15) is 35.9 Å². The van der Waals surface area contributed by atoms with Crippen LogP contribution in [0.2, 0.25) is 0 Å². The summed E-state index contributed by atoms with van der Waals surface area (Å²) in [6.45, 7) is 1.98. The molecule has 1 aliphatic heterocycles. The molecule has 0 aliphatic carbocycles. The Balaban J connectivity index is 1.33. The number of aromatic nitrogens is 3. The number of nitrogens with one attached hydrogen (secondary N) is 1. The molecular weight excluding hydrogens is 654 g/mol. The van der Waals surface area contributed by atoms with Gasteiger partial charge in [-0.3, -0.25) is 9.69 Å². The van der Waals surface area contributed by atoms with Crippen molar-refractivity contribution in [3.63, 3.8) is 0 Å². The molecule has 3 aromatic carbocycles. The molecule has 1 aliphatic rings. The number of rotatable bonds is 8. The van der Waals surface area contributed by atoms with Crippen LogP contribution in [0.5, 0.6) is 11.5 Å². The number of aryl methyl sites for hydroxylation is 2. The van der Waals surface area contributed by atoms with Gasteiger partial charge in [-0.05, 0) is 79.1 Å². The van der Waals surface area contributed by atoms with Gasteiger partial charge in [-0.25, -0.2) is 14.5 Å². The first-order chi connectivity index (χ1) is 22.2. The van der Waals surface area contributed by atoms with E-state index in [-0.39, 0.29) is 28.1 Å². The number of amidine groups is 1. The number of ether oxygens (including phenoxy) is 2. The van der Waals surface area contributed by atoms with E-state index in [1.807, 2.05) is 6.92 Å². The van der Waals surface area contributed by atoms with Crippen LogP contribution in [-0.2, 0) is 11.2 Å². The van der Waals surface area contributed by atoms with Crippen LogP contribution in [-0.4, -0.2) is 56.8 Å². The third kappa shape index (κ3) is 8.41. The van der Waals surface area contributed by atoms with Gasteiger partial charge in [0.15, 0.2) is 17.6 Å². The monoisotopic (exact) mass is 678 g/mol. The molecule has 17 heteroatoms. The molecule has 1 fully saturated rings. The second kappa shape index (κ2) is 13.4. The number of amides is 3. The van der Waals surface area contributed by atoms with Gasteiger partial charge in [-0.2, -0.15) is 18.2 Å². The fraction of sp³-hybridized carbons (Fsp3) is 0.233. The molecule has 1 saturated heterocycles. The highest BCUT2D eigenvalue weighted by atomic mass is 32.2. The first-order valence-corrected chi connectivity index (χ1v) is 14.7. The van der Waals surface area contributed by atoms with Crippen LogP contribution in [0.1, 0.15) is 18.1 Å². The number of hydrogen-bond acceptors (Lipinski definition) is 7. The Morgan fingerprint density at radius 2 is 1.79 bits per heavy atom. The Morgan fingerprint density at radius 1 is 1.04 bits per heavy atom. The Labute approximate surface area is 267 Å². The van der Waals surface area contributed by atoms with E-state index in [1.165, 1.54) is 41.3 Å². The molecular formula is C30H24F6N6O4S. The van der Waals surface area contributed by atoms with Gasteiger partial charge in [0, 0.05) is 11.3 Å². The smallest absolute Gasteiger partial charge is 0.482 e. The van der Waals surface area contributed by atoms with E-state index in [1.54, 1.807) is 25.1 Å². The summed E-state index contributed by atoms with van der Waals surface area (Å²) in [7, 11) is 0. The van der Waals surface area contributed by atoms with Gasteiger partial charge >= 0.3 is 18.6 Å². The van der Waals surface area contributed by atoms with Gasteiger partial charge in [-0.1, -0.05) is 24.8 Å². The zero-order chi connectivity index (χ0) is 33.9. The molecule has 0 radical (unpaired) electrons. The van der Waals surface area contributed by atoms with Gasteiger partial charge in [0.2, 0.25) is 5.91 Å². The Kier molecular flexibility index (Phi) is 9.46. The van der Waals surface area contributed by atoms with Crippen LogP contribution in [0.15, 0.2) is 72.0 Å². The quantitative estimate of drug-likeness (QED) is 0.195. The Hall–Kier alpha value is -5.06. The number of hydrogen-bond donors (Lipinski definition) is 1. The number of benzene rings is 3. The largest absolute Gasteiger partial charge is 0.573 e. The summed E-state index contributed by atoms with van der Waals surface area (Å²) in [6, 6.07) is 13.6. The predicted octanol–water partition coefficient (Wildman–Crippen LogP) is 7.31. The number of aliphatic imine (C=N–C) groups is 1. The van der Waals surface area contributed by atoms with Crippen molar-refractivity contribution in [3.05, 3.63) is 78.1 Å². The zero-order valence-corrected chi connectivity index (χ0v) is 25.3. The Morgan fingerprint density at radius 3 is 2.47 bits per heavy atom. The molecule has 2 heterocycles. The molecule has 4 aromatic rings. The second-order valence-corrected chi connectivity index (χ2v) is 10.9. The number of nitrogens with zero attached hydrogens (tertiary/aromatic N) is 5. The summed E-state index contributed by atoms with van der Waals surface area (Å²) in [5, 5.41) is 7.05. The number of carbonyl (C=O) groups is 2. The molecule has 246 valence electrons. The van der Waals surface area contributed by atoms with Gasteiger partial charge in [0.05, 0.1) is 17.1 Å². The minimum atomic E-state index is -4.81. The maximum absolute atomic E-state index is 13.0. The molecule has 5 rings (SSSR count). The van der Waals surface area contributed by atoms with Crippen LogP contribution < -0.4 is 19.7 Å². The summed E-state index contributed by atoms with van der Waals surface area (Å²) in [5.74, 6) is -0.826. The maximum Gasteiger partial charge on any atom is 0.573 e. The molecule has 0 unspecified atom stereocenters. The second-order valence-electron chi connectivity index (χ2n) is 10.00. The lowest BCUT2D eigenvalue weighted by Crippen LogP contribution is -2.31. The van der Waals surface area contributed by atoms with Crippen molar-refractivity contribution in [3.8, 4) is 28.6 Å². The summed E-state index contributed by atoms with van der Waals surface area (Å²) < 4.78 is 86.1. The summed E-state index contributed by atoms with van der Waals surface area (Å²) in [6.07, 6.45) is -7.54. The van der Waals surface area contributed by atoms with E-state index in [2.05, 4.69) is 25.1 Å². The minimum Gasteiger partial charge on any atom is -0.482 e. The van der Waals surface area contributed by atoms with Crippen LogP contribution in [0.25, 0.3) is 17.1 Å². The summed E-state index contributed by atoms with van der Waals surface area (Å²) >= 11 is 0.956. The summed E-state index contributed by atoms with van der Waals surface area (Å²) in [4.78, 5) is 35.2. The van der Waals surface area contributed by atoms with Crippen LogP contribution >= 0.6 is 11.8 Å². The lowest BCUT2D eigenvalue weighted by molar-refractivity contribution is -0.274. The number of thioether (sulfide) groups is 1. The molecule has 0 saturated carbocycles. The molecule has 1 N–H and O–H groups in total. The van der Waals surface area contributed by atoms with Crippen molar-refractivity contribution in [2.24, 2.45) is 4.99 Å². The van der Waals surface area contributed by atoms with E-state index in [0.717, 1.165) is 28.8 Å². The van der Waals surface area contributed by atoms with Crippen molar-refractivity contribution < 1.29 is 45.4 Å². The van der Waals surface area contributed by atoms with Crippen molar-refractivity contribution >= 4 is 40.2 Å². The van der Waals surface area contributed by atoms with Crippen LogP contribution in [0.4, 0.5) is 42.5 Å². The first kappa shape index (κ1) is 33.3. The standard InChI is InChI=1S/C30H24F6N6O4S/c1-3-18-13-19(26-37-16-41(40-26)20-6-8-21(9-7-20)46-30(34,35)36)5-10-22(18)38-27(44)39-28-42(25(43)14-47-28)23-12-17(2)4-11-24(23)45-15-29(31,32)33/h4-13,16H,3,14-15H2,1-2H3,(H,38,44)/b39-28-. The Bertz CT molecular complexity index is 1820. The number of carbonyl (C=O) groups excluding carboxylic acids is 2. The minimum absolute atomic E-state index is 0.0302. The maximum atomic E-state index is 13.0. The van der Waals surface area contributed by atoms with Crippen molar-refractivity contribution in [1.29, 1.82) is 0 Å². The van der Waals surface area contributed by atoms with Crippen molar-refractivity contribution in [2.75, 3.05) is 22.6 Å². The number of urea groups is 1. The third-order valence-electron chi connectivity index (χ3n) is 6.52. The topological polar surface area (TPSA) is 111 Å². The lowest BCUT2D eigenvalue weighted by Gasteiger charge is -2.21. The van der Waals surface area contributed by atoms with Gasteiger partial charge in [-0.15, -0.1) is 18.3 Å². The molecule has 47 heavy (non-hydrogen) atoms. The molecule has 10 nitrogen and oxygen atoms in total. The zero-order valence-electron chi connectivity index (χ0n) is 24.5. The van der Waals surface area contributed by atoms with Crippen molar-refractivity contribution in [2.45, 2.75) is 32.8 Å². The molecule has 0 atom stereocenters. The highest BCUT2D eigenvalue weighted by molar-refractivity contribution is 8.15. The van der Waals surface area contributed by atoms with E-state index in [4.69, 9.17) is 4.74 Å². The molecule has 3 amide bonds. The molecule has 0 bridgehead atoms. The SMILES string of the molecule is CCc1cc(-c2ncn(-c3ccc(OC(F)(F)F)cc3)n2)ccc1NC(=O)/N=C1\SCC(=O)N1c1cc(C)ccc1OCC(F)(F)F. The van der Waals surface area contributed by atoms with Crippen molar-refractivity contribution in [1.82, 2.24) is 14.8 Å². The number of halogens is 6. The van der Waals surface area contributed by atoms with Gasteiger partial charge < -0.3 is 14.8 Å². The fourth-order valence-corrected chi connectivity index (χ4v) is 5.32. The number of alkyl halides is 6. The van der Waals surface area contributed by atoms with E-state index in [0.29, 0.717) is 40.3 Å². The molecule has 1 aromatic heterocycles. The van der Waals surface area contributed by atoms with E-state index >= 15 is 0 Å². The highest BCUT2D eigenvalue weighted by Gasteiger charge is 2.35. The normalized spacial score (nSPS) is 14.5. The van der Waals surface area contributed by atoms with E-state index < -0.39 is 31.1 Å². The van der Waals surface area contributed by atoms with Gasteiger partial charge in [0.25, 0.3) is 0 Å². The highest BCUT2D eigenvalue weighted by Crippen LogP contribution is 2.36. The lowest BCUT2D eigenvalue weighted by atomic mass is 10.1. The molecule has 0 spiro atoms. The van der Waals surface area contributed by atoms with Gasteiger partial charge in [0.1, 0.15) is 17.8 Å². The average Bonchev–Trinajstić information content (AvgIpc) is 3.63. The summed E-state index contributed by atoms with van der Waals surface area (Å²) in [5.41, 5.74) is 2.82. The average molecular weight is 679 g/mol. The van der Waals surface area contributed by atoms with Crippen LogP contribution in [0.3, 0.4) is 0 Å². The third-order valence-corrected chi connectivity index (χ3v) is 7.45. The first-order valence-electron chi connectivity index (χ1n) is 13.8. The fourth-order valence-electron chi connectivity index (χ4n) is 4.46. The number of anilines is 2. The predicted molar refractivity (Wildman–Crippen MR) is 162 cm³/mol.